The zero-order chi connectivity index (χ0) is 35.3. The van der Waals surface area contributed by atoms with Crippen molar-refractivity contribution in [1.82, 2.24) is 5.32 Å². The van der Waals surface area contributed by atoms with Gasteiger partial charge in [0, 0.05) is 25.9 Å². The van der Waals surface area contributed by atoms with E-state index in [0.29, 0.717) is 23.7 Å². The summed E-state index contributed by atoms with van der Waals surface area (Å²) in [7, 11) is 0. The first-order valence-corrected chi connectivity index (χ1v) is 14.3. The van der Waals surface area contributed by atoms with Crippen LogP contribution < -0.4 is 20.7 Å². The van der Waals surface area contributed by atoms with E-state index >= 15 is 0 Å². The van der Waals surface area contributed by atoms with Crippen LogP contribution in [0.5, 0.6) is 11.5 Å². The van der Waals surface area contributed by atoms with Gasteiger partial charge in [0.15, 0.2) is 5.75 Å². The summed E-state index contributed by atoms with van der Waals surface area (Å²) in [5, 5.41) is 9.63. The molecule has 0 spiro atoms. The van der Waals surface area contributed by atoms with Crippen molar-refractivity contribution >= 4 is 23.5 Å². The molecule has 4 rings (SSSR count). The standard InChI is InChI=1S/C32H30F3N3O3.C2HF3O2/c33-32(34,35)27-14-5-4-12-25(27)21-37-30(39)17-18-31(40)38(22-23-9-2-1-3-10-23)28-15-6-7-16-29(28)41-26-13-8-11-24(19-26)20-36;3-2(4,5)1(6)7/h1-16,19H,17-18,20-22,36H2,(H,37,39);(H,6,7). The Labute approximate surface area is 271 Å². The Morgan fingerprint density at radius 3 is 2.02 bits per heavy atom. The summed E-state index contributed by atoms with van der Waals surface area (Å²) in [6.07, 6.45) is -9.97. The van der Waals surface area contributed by atoms with Crippen LogP contribution in [0.4, 0.5) is 32.0 Å². The number of alkyl halides is 6. The maximum atomic E-state index is 13.5. The first kappa shape index (κ1) is 37.1. The number of halogens is 6. The van der Waals surface area contributed by atoms with Crippen LogP contribution in [0.1, 0.15) is 35.1 Å². The molecule has 0 aliphatic heterocycles. The van der Waals surface area contributed by atoms with Crippen LogP contribution >= 0.6 is 0 Å². The molecule has 0 atom stereocenters. The second-order valence-electron chi connectivity index (χ2n) is 10.1. The molecule has 0 saturated carbocycles. The lowest BCUT2D eigenvalue weighted by Gasteiger charge is -2.25. The largest absolute Gasteiger partial charge is 0.490 e. The number of nitrogens with zero attached hydrogens (tertiary/aromatic N) is 1. The number of aliphatic carboxylic acids is 1. The number of benzene rings is 4. The van der Waals surface area contributed by atoms with E-state index in [0.717, 1.165) is 17.2 Å². The van der Waals surface area contributed by atoms with E-state index in [1.165, 1.54) is 18.2 Å². The molecule has 4 aromatic rings. The summed E-state index contributed by atoms with van der Waals surface area (Å²) in [4.78, 5) is 36.6. The number of carboxylic acid groups (broad SMARTS) is 1. The lowest BCUT2D eigenvalue weighted by atomic mass is 10.1. The lowest BCUT2D eigenvalue weighted by Crippen LogP contribution is -2.32. The van der Waals surface area contributed by atoms with E-state index in [1.54, 1.807) is 35.2 Å². The van der Waals surface area contributed by atoms with Gasteiger partial charge in [-0.25, -0.2) is 4.79 Å². The number of rotatable bonds is 11. The fourth-order valence-corrected chi connectivity index (χ4v) is 4.29. The van der Waals surface area contributed by atoms with E-state index < -0.39 is 29.8 Å². The van der Waals surface area contributed by atoms with Crippen molar-refractivity contribution in [2.24, 2.45) is 5.73 Å². The van der Waals surface area contributed by atoms with Crippen LogP contribution in [0.3, 0.4) is 0 Å². The normalized spacial score (nSPS) is 11.1. The number of para-hydroxylation sites is 2. The zero-order valence-electron chi connectivity index (χ0n) is 25.2. The minimum absolute atomic E-state index is 0.0461. The van der Waals surface area contributed by atoms with Crippen LogP contribution in [-0.2, 0) is 40.2 Å². The number of nitrogens with two attached hydrogens (primary N) is 1. The lowest BCUT2D eigenvalue weighted by molar-refractivity contribution is -0.192. The van der Waals surface area contributed by atoms with Gasteiger partial charge < -0.3 is 25.8 Å². The van der Waals surface area contributed by atoms with Crippen molar-refractivity contribution in [2.75, 3.05) is 4.90 Å². The van der Waals surface area contributed by atoms with Crippen molar-refractivity contribution in [1.29, 1.82) is 0 Å². The van der Waals surface area contributed by atoms with Gasteiger partial charge in [0.05, 0.1) is 17.8 Å². The molecule has 0 aromatic heterocycles. The molecule has 8 nitrogen and oxygen atoms in total. The second kappa shape index (κ2) is 17.0. The minimum Gasteiger partial charge on any atom is -0.475 e. The van der Waals surface area contributed by atoms with E-state index in [9.17, 15) is 35.9 Å². The first-order valence-electron chi connectivity index (χ1n) is 14.3. The molecule has 0 unspecified atom stereocenters. The molecule has 4 aromatic carbocycles. The smallest absolute Gasteiger partial charge is 0.475 e. The Balaban J connectivity index is 0.000000804. The van der Waals surface area contributed by atoms with Crippen LogP contribution in [0.15, 0.2) is 103 Å². The van der Waals surface area contributed by atoms with Crippen molar-refractivity contribution < 1.29 is 50.6 Å². The van der Waals surface area contributed by atoms with Gasteiger partial charge in [-0.3, -0.25) is 9.59 Å². The van der Waals surface area contributed by atoms with Crippen LogP contribution in [0.2, 0.25) is 0 Å². The molecule has 0 aliphatic carbocycles. The van der Waals surface area contributed by atoms with Crippen molar-refractivity contribution in [3.05, 3.63) is 125 Å². The number of nitrogens with one attached hydrogen (secondary N) is 1. The average molecular weight is 676 g/mol. The number of anilines is 1. The predicted octanol–water partition coefficient (Wildman–Crippen LogP) is 7.22. The number of amides is 2. The van der Waals surface area contributed by atoms with E-state index in [1.807, 2.05) is 48.5 Å². The molecule has 2 amide bonds. The quantitative estimate of drug-likeness (QED) is 0.144. The number of carbonyl (C=O) groups excluding carboxylic acids is 2. The molecule has 254 valence electrons. The number of carboxylic acids is 1. The Hall–Kier alpha value is -5.37. The first-order chi connectivity index (χ1) is 22.7. The third kappa shape index (κ3) is 11.5. The number of hydrogen-bond donors (Lipinski definition) is 3. The monoisotopic (exact) mass is 675 g/mol. The van der Waals surface area contributed by atoms with E-state index in [4.69, 9.17) is 20.4 Å². The van der Waals surface area contributed by atoms with Crippen LogP contribution in [0.25, 0.3) is 0 Å². The van der Waals surface area contributed by atoms with Gasteiger partial charge in [-0.05, 0) is 47.0 Å². The number of carbonyl (C=O) groups is 3. The summed E-state index contributed by atoms with van der Waals surface area (Å²) in [5.74, 6) is -2.62. The average Bonchev–Trinajstić information content (AvgIpc) is 3.05. The fraction of sp³-hybridized carbons (Fsp3) is 0.206. The molecule has 0 saturated heterocycles. The van der Waals surface area contributed by atoms with Crippen molar-refractivity contribution in [3.63, 3.8) is 0 Å². The SMILES string of the molecule is NCc1cccc(Oc2ccccc2N(Cc2ccccc2)C(=O)CCC(=O)NCc2ccccc2C(F)(F)F)c1.O=C(O)C(F)(F)F. The van der Waals surface area contributed by atoms with Gasteiger partial charge in [0.25, 0.3) is 0 Å². The van der Waals surface area contributed by atoms with E-state index in [-0.39, 0.29) is 37.4 Å². The van der Waals surface area contributed by atoms with Gasteiger partial charge in [-0.15, -0.1) is 0 Å². The third-order valence-corrected chi connectivity index (χ3v) is 6.61. The van der Waals surface area contributed by atoms with Crippen molar-refractivity contribution in [2.45, 2.75) is 44.8 Å². The molecular formula is C34H31F6N3O5. The Morgan fingerprint density at radius 2 is 1.38 bits per heavy atom. The van der Waals surface area contributed by atoms with Gasteiger partial charge in [-0.2, -0.15) is 26.3 Å². The molecule has 14 heteroatoms. The molecule has 48 heavy (non-hydrogen) atoms. The van der Waals surface area contributed by atoms with Gasteiger partial charge in [0.2, 0.25) is 11.8 Å². The van der Waals surface area contributed by atoms with Crippen molar-refractivity contribution in [3.8, 4) is 11.5 Å². The third-order valence-electron chi connectivity index (χ3n) is 6.61. The van der Waals surface area contributed by atoms with Gasteiger partial charge >= 0.3 is 18.3 Å². The predicted molar refractivity (Wildman–Crippen MR) is 165 cm³/mol. The highest BCUT2D eigenvalue weighted by Gasteiger charge is 2.38. The molecular weight excluding hydrogens is 644 g/mol. The molecule has 0 heterocycles. The van der Waals surface area contributed by atoms with Gasteiger partial charge in [-0.1, -0.05) is 72.8 Å². The highest BCUT2D eigenvalue weighted by Crippen LogP contribution is 2.34. The summed E-state index contributed by atoms with van der Waals surface area (Å²) in [6.45, 7) is 0.278. The molecule has 0 radical (unpaired) electrons. The summed E-state index contributed by atoms with van der Waals surface area (Å²) < 4.78 is 77.7. The van der Waals surface area contributed by atoms with Crippen LogP contribution in [0, 0.1) is 0 Å². The van der Waals surface area contributed by atoms with E-state index in [2.05, 4.69) is 5.32 Å². The molecule has 0 bridgehead atoms. The topological polar surface area (TPSA) is 122 Å². The molecule has 0 aliphatic rings. The highest BCUT2D eigenvalue weighted by atomic mass is 19.4. The maximum absolute atomic E-state index is 13.5. The highest BCUT2D eigenvalue weighted by molar-refractivity contribution is 5.96. The number of hydrogen-bond acceptors (Lipinski definition) is 5. The second-order valence-corrected chi connectivity index (χ2v) is 10.1. The Kier molecular flexibility index (Phi) is 13.1. The summed E-state index contributed by atoms with van der Waals surface area (Å²) in [5.41, 5.74) is 7.18. The zero-order valence-corrected chi connectivity index (χ0v) is 25.2. The maximum Gasteiger partial charge on any atom is 0.490 e. The summed E-state index contributed by atoms with van der Waals surface area (Å²) in [6, 6.07) is 28.9. The van der Waals surface area contributed by atoms with Gasteiger partial charge in [0.1, 0.15) is 5.75 Å². The fourth-order valence-electron chi connectivity index (χ4n) is 4.29. The molecule has 0 fully saturated rings. The minimum atomic E-state index is -5.08. The Morgan fingerprint density at radius 1 is 0.771 bits per heavy atom. The molecule has 4 N–H and O–H groups in total. The van der Waals surface area contributed by atoms with Crippen LogP contribution in [-0.4, -0.2) is 29.1 Å². The summed E-state index contributed by atoms with van der Waals surface area (Å²) >= 11 is 0. The Bertz CT molecular complexity index is 1680. The number of ether oxygens (including phenoxy) is 1.